The van der Waals surface area contributed by atoms with E-state index < -0.39 is 0 Å². The molecular formula is C21H22N6. The maximum atomic E-state index is 7.10. The number of benzene rings is 1. The number of pyridine rings is 1. The lowest BCUT2D eigenvalue weighted by Crippen LogP contribution is -2.47. The van der Waals surface area contributed by atoms with Gasteiger partial charge in [0.2, 0.25) is 11.6 Å². The van der Waals surface area contributed by atoms with Gasteiger partial charge in [-0.3, -0.25) is 4.98 Å². The van der Waals surface area contributed by atoms with E-state index in [0.717, 1.165) is 48.2 Å². The number of hydrogen-bond donors (Lipinski definition) is 1. The van der Waals surface area contributed by atoms with Gasteiger partial charge in [0.15, 0.2) is 0 Å². The number of piperidine rings is 1. The lowest BCUT2D eigenvalue weighted by molar-refractivity contribution is 0.369. The molecule has 2 aromatic heterocycles. The van der Waals surface area contributed by atoms with E-state index in [4.69, 9.17) is 11.6 Å². The predicted molar refractivity (Wildman–Crippen MR) is 106 cm³/mol. The van der Waals surface area contributed by atoms with Gasteiger partial charge in [0.05, 0.1) is 29.8 Å². The van der Waals surface area contributed by atoms with Crippen LogP contribution >= 0.6 is 0 Å². The van der Waals surface area contributed by atoms with E-state index in [0.29, 0.717) is 18.3 Å². The van der Waals surface area contributed by atoms with Crippen molar-refractivity contribution in [3.05, 3.63) is 59.7 Å². The lowest BCUT2D eigenvalue weighted by atomic mass is 9.93. The number of para-hydroxylation sites is 2. The third-order valence-corrected chi connectivity index (χ3v) is 5.85. The van der Waals surface area contributed by atoms with Crippen molar-refractivity contribution in [2.45, 2.75) is 25.4 Å². The number of nitrogens with zero attached hydrogens (tertiary/aromatic N) is 5. The van der Waals surface area contributed by atoms with Gasteiger partial charge in [-0.05, 0) is 43.5 Å². The largest absolute Gasteiger partial charge is 0.341 e. The predicted octanol–water partition coefficient (Wildman–Crippen LogP) is 3.22. The summed E-state index contributed by atoms with van der Waals surface area (Å²) in [6, 6.07) is 12.6. The molecule has 6 nitrogen and oxygen atoms in total. The molecule has 2 aliphatic heterocycles. The zero-order chi connectivity index (χ0) is 18.2. The van der Waals surface area contributed by atoms with Crippen LogP contribution in [0.25, 0.3) is 15.9 Å². The summed E-state index contributed by atoms with van der Waals surface area (Å²) in [6.45, 7) is 11.0. The minimum absolute atomic E-state index is 0.572. The monoisotopic (exact) mass is 358 g/mol. The Morgan fingerprint density at radius 2 is 2.11 bits per heavy atom. The van der Waals surface area contributed by atoms with E-state index in [-0.39, 0.29) is 0 Å². The highest BCUT2D eigenvalue weighted by Gasteiger charge is 2.34. The van der Waals surface area contributed by atoms with Crippen molar-refractivity contribution < 1.29 is 0 Å². The second-order valence-electron chi connectivity index (χ2n) is 7.45. The van der Waals surface area contributed by atoms with E-state index in [2.05, 4.69) is 42.8 Å². The van der Waals surface area contributed by atoms with Gasteiger partial charge in [0, 0.05) is 25.3 Å². The molecular weight excluding hydrogens is 336 g/mol. The number of rotatable bonds is 3. The van der Waals surface area contributed by atoms with Gasteiger partial charge < -0.3 is 14.8 Å². The van der Waals surface area contributed by atoms with Gasteiger partial charge in [0.1, 0.15) is 0 Å². The molecule has 2 aliphatic rings. The highest BCUT2D eigenvalue weighted by molar-refractivity contribution is 5.79. The standard InChI is InChI=1S/C21H22N6/c1-22-16-6-7-17(24-12-16)13-27-20-5-3-2-4-18(20)25-21(27)26-11-9-15-8-10-23-19(15)14-26/h2-7,12,15,19,23H,8-11,13-14H2/t15?,19-/m1/s1. The van der Waals surface area contributed by atoms with Gasteiger partial charge in [-0.2, -0.15) is 0 Å². The van der Waals surface area contributed by atoms with E-state index in [1.54, 1.807) is 6.20 Å². The average molecular weight is 358 g/mol. The highest BCUT2D eigenvalue weighted by atomic mass is 15.3. The van der Waals surface area contributed by atoms with Crippen molar-refractivity contribution in [1.82, 2.24) is 19.9 Å². The molecule has 2 saturated heterocycles. The van der Waals surface area contributed by atoms with E-state index in [1.807, 2.05) is 18.2 Å². The zero-order valence-corrected chi connectivity index (χ0v) is 15.2. The molecule has 1 aromatic carbocycles. The second kappa shape index (κ2) is 6.67. The number of hydrogen-bond acceptors (Lipinski definition) is 4. The minimum Gasteiger partial charge on any atom is -0.341 e. The maximum Gasteiger partial charge on any atom is 0.206 e. The summed E-state index contributed by atoms with van der Waals surface area (Å²) in [4.78, 5) is 15.3. The molecule has 2 fully saturated rings. The molecule has 0 saturated carbocycles. The molecule has 3 aromatic rings. The number of aromatic nitrogens is 3. The van der Waals surface area contributed by atoms with Gasteiger partial charge >= 0.3 is 0 Å². The molecule has 1 N–H and O–H groups in total. The quantitative estimate of drug-likeness (QED) is 0.731. The fourth-order valence-electron chi connectivity index (χ4n) is 4.41. The van der Waals surface area contributed by atoms with Crippen LogP contribution in [0.15, 0.2) is 42.6 Å². The molecule has 0 amide bonds. The SMILES string of the molecule is [C-]#[N+]c1ccc(Cn2c(N3CCC4CCN[C@@H]4C3)nc3ccccc32)nc1. The van der Waals surface area contributed by atoms with Crippen LogP contribution < -0.4 is 10.2 Å². The van der Waals surface area contributed by atoms with Gasteiger partial charge in [-0.1, -0.05) is 18.2 Å². The second-order valence-corrected chi connectivity index (χ2v) is 7.45. The average Bonchev–Trinajstić information content (AvgIpc) is 3.33. The van der Waals surface area contributed by atoms with Crippen molar-refractivity contribution in [3.8, 4) is 0 Å². The molecule has 5 rings (SSSR count). The molecule has 4 heterocycles. The Bertz CT molecular complexity index is 1000. The summed E-state index contributed by atoms with van der Waals surface area (Å²) < 4.78 is 2.27. The van der Waals surface area contributed by atoms with Crippen molar-refractivity contribution >= 4 is 22.7 Å². The number of fused-ring (bicyclic) bond motifs is 2. The van der Waals surface area contributed by atoms with Crippen LogP contribution in [-0.2, 0) is 6.54 Å². The third kappa shape index (κ3) is 2.94. The molecule has 27 heavy (non-hydrogen) atoms. The highest BCUT2D eigenvalue weighted by Crippen LogP contribution is 2.30. The first-order valence-corrected chi connectivity index (χ1v) is 9.58. The minimum atomic E-state index is 0.572. The van der Waals surface area contributed by atoms with Crippen LogP contribution in [0.5, 0.6) is 0 Å². The summed E-state index contributed by atoms with van der Waals surface area (Å²) in [7, 11) is 0. The fourth-order valence-corrected chi connectivity index (χ4v) is 4.41. The summed E-state index contributed by atoms with van der Waals surface area (Å²) in [6.07, 6.45) is 4.17. The van der Waals surface area contributed by atoms with E-state index >= 15 is 0 Å². The summed E-state index contributed by atoms with van der Waals surface area (Å²) in [5.41, 5.74) is 3.67. The number of nitrogens with one attached hydrogen (secondary N) is 1. The summed E-state index contributed by atoms with van der Waals surface area (Å²) >= 11 is 0. The molecule has 6 heteroatoms. The zero-order valence-electron chi connectivity index (χ0n) is 15.2. The Balaban J connectivity index is 1.51. The summed E-state index contributed by atoms with van der Waals surface area (Å²) in [5, 5.41) is 3.65. The molecule has 0 bridgehead atoms. The summed E-state index contributed by atoms with van der Waals surface area (Å²) in [5.74, 6) is 1.83. The van der Waals surface area contributed by atoms with Crippen LogP contribution in [0, 0.1) is 12.5 Å². The first kappa shape index (κ1) is 16.3. The Labute approximate surface area is 158 Å². The maximum absolute atomic E-state index is 7.10. The Morgan fingerprint density at radius 1 is 1.19 bits per heavy atom. The molecule has 1 unspecified atom stereocenters. The van der Waals surface area contributed by atoms with E-state index in [1.165, 1.54) is 12.8 Å². The third-order valence-electron chi connectivity index (χ3n) is 5.85. The van der Waals surface area contributed by atoms with Gasteiger partial charge in [0.25, 0.3) is 0 Å². The first-order valence-electron chi connectivity index (χ1n) is 9.58. The van der Waals surface area contributed by atoms with Crippen LogP contribution in [0.3, 0.4) is 0 Å². The van der Waals surface area contributed by atoms with Crippen LogP contribution in [0.2, 0.25) is 0 Å². The molecule has 0 radical (unpaired) electrons. The molecule has 0 spiro atoms. The molecule has 2 atom stereocenters. The normalized spacial score (nSPS) is 22.0. The van der Waals surface area contributed by atoms with Crippen molar-refractivity contribution in [2.24, 2.45) is 5.92 Å². The van der Waals surface area contributed by atoms with Crippen molar-refractivity contribution in [2.75, 3.05) is 24.5 Å². The van der Waals surface area contributed by atoms with Crippen LogP contribution in [-0.4, -0.2) is 40.2 Å². The van der Waals surface area contributed by atoms with Crippen molar-refractivity contribution in [1.29, 1.82) is 0 Å². The van der Waals surface area contributed by atoms with Crippen LogP contribution in [0.1, 0.15) is 18.5 Å². The molecule has 136 valence electrons. The molecule has 0 aliphatic carbocycles. The smallest absolute Gasteiger partial charge is 0.206 e. The Hall–Kier alpha value is -2.91. The number of anilines is 1. The number of imidazole rings is 1. The van der Waals surface area contributed by atoms with Crippen molar-refractivity contribution in [3.63, 3.8) is 0 Å². The first-order chi connectivity index (χ1) is 13.3. The van der Waals surface area contributed by atoms with Gasteiger partial charge in [-0.25, -0.2) is 9.83 Å². The Morgan fingerprint density at radius 3 is 2.96 bits per heavy atom. The topological polar surface area (TPSA) is 50.3 Å². The van der Waals surface area contributed by atoms with E-state index in [9.17, 15) is 0 Å². The fraction of sp³-hybridized carbons (Fsp3) is 0.381. The van der Waals surface area contributed by atoms with Crippen LogP contribution in [0.4, 0.5) is 11.6 Å². The Kier molecular flexibility index (Phi) is 4.02. The van der Waals surface area contributed by atoms with Gasteiger partial charge in [-0.15, -0.1) is 0 Å². The lowest BCUT2D eigenvalue weighted by Gasteiger charge is -2.35.